The lowest BCUT2D eigenvalue weighted by molar-refractivity contribution is -0.161. The van der Waals surface area contributed by atoms with Crippen LogP contribution in [0, 0.1) is 0 Å². The Morgan fingerprint density at radius 2 is 0.541 bits per heavy atom. The third-order valence-electron chi connectivity index (χ3n) is 13.3. The smallest absolute Gasteiger partial charge is 0.306 e. The lowest BCUT2D eigenvalue weighted by Crippen LogP contribution is -2.28. The first-order valence-corrected chi connectivity index (χ1v) is 31.1. The molecule has 422 valence electrons. The monoisotopic (exact) mass is 1020 g/mol. The average Bonchev–Trinajstić information content (AvgIpc) is 3.40. The van der Waals surface area contributed by atoms with Crippen LogP contribution in [0.15, 0.2) is 122 Å². The molecule has 0 saturated heterocycles. The zero-order chi connectivity index (χ0) is 53.4. The molecule has 74 heavy (non-hydrogen) atoms. The van der Waals surface area contributed by atoms with E-state index in [9.17, 15) is 14.7 Å². The number of carbonyl (C=O) groups is 2. The van der Waals surface area contributed by atoms with Crippen molar-refractivity contribution in [2.45, 2.75) is 290 Å². The molecule has 0 bridgehead atoms. The van der Waals surface area contributed by atoms with Crippen molar-refractivity contribution in [1.82, 2.24) is 0 Å². The van der Waals surface area contributed by atoms with E-state index in [1.807, 2.05) is 0 Å². The van der Waals surface area contributed by atoms with E-state index in [0.29, 0.717) is 12.8 Å². The summed E-state index contributed by atoms with van der Waals surface area (Å²) < 4.78 is 10.7. The molecule has 5 heteroatoms. The van der Waals surface area contributed by atoms with Crippen LogP contribution in [0.3, 0.4) is 0 Å². The first-order chi connectivity index (χ1) is 36.6. The van der Waals surface area contributed by atoms with Gasteiger partial charge in [0.1, 0.15) is 6.61 Å². The third-order valence-corrected chi connectivity index (χ3v) is 13.3. The Kier molecular flexibility index (Phi) is 60.4. The largest absolute Gasteiger partial charge is 0.462 e. The molecule has 1 atom stereocenters. The van der Waals surface area contributed by atoms with Crippen LogP contribution in [-0.4, -0.2) is 36.4 Å². The van der Waals surface area contributed by atoms with Gasteiger partial charge >= 0.3 is 11.9 Å². The van der Waals surface area contributed by atoms with Gasteiger partial charge in [-0.2, -0.15) is 0 Å². The summed E-state index contributed by atoms with van der Waals surface area (Å²) >= 11 is 0. The van der Waals surface area contributed by atoms with Crippen LogP contribution in [0.5, 0.6) is 0 Å². The zero-order valence-electron chi connectivity index (χ0n) is 48.3. The molecular formula is C69H116O5. The molecular weight excluding hydrogens is 909 g/mol. The lowest BCUT2D eigenvalue weighted by atomic mass is 10.0. The van der Waals surface area contributed by atoms with Crippen LogP contribution >= 0.6 is 0 Å². The zero-order valence-corrected chi connectivity index (χ0v) is 48.3. The van der Waals surface area contributed by atoms with Gasteiger partial charge in [0.15, 0.2) is 6.10 Å². The highest BCUT2D eigenvalue weighted by Gasteiger charge is 2.16. The Labute approximate surface area is 458 Å². The Hall–Kier alpha value is -3.70. The first kappa shape index (κ1) is 70.3. The number of ether oxygens (including phenoxy) is 2. The fourth-order valence-electron chi connectivity index (χ4n) is 8.67. The molecule has 5 nitrogen and oxygen atoms in total. The molecule has 0 aromatic heterocycles. The molecule has 0 spiro atoms. The van der Waals surface area contributed by atoms with Gasteiger partial charge in [-0.1, -0.05) is 289 Å². The first-order valence-electron chi connectivity index (χ1n) is 31.1. The van der Waals surface area contributed by atoms with E-state index < -0.39 is 6.10 Å². The van der Waals surface area contributed by atoms with Crippen molar-refractivity contribution in [3.05, 3.63) is 122 Å². The Morgan fingerprint density at radius 1 is 0.311 bits per heavy atom. The van der Waals surface area contributed by atoms with Crippen molar-refractivity contribution in [3.63, 3.8) is 0 Å². The van der Waals surface area contributed by atoms with E-state index in [1.54, 1.807) is 0 Å². The maximum Gasteiger partial charge on any atom is 0.306 e. The minimum Gasteiger partial charge on any atom is -0.462 e. The Bertz CT molecular complexity index is 1490. The summed E-state index contributed by atoms with van der Waals surface area (Å²) in [6, 6.07) is 0. The van der Waals surface area contributed by atoms with Gasteiger partial charge in [-0.25, -0.2) is 0 Å². The van der Waals surface area contributed by atoms with E-state index in [2.05, 4.69) is 135 Å². The van der Waals surface area contributed by atoms with Crippen LogP contribution < -0.4 is 0 Å². The molecule has 0 aliphatic rings. The van der Waals surface area contributed by atoms with Crippen LogP contribution in [0.4, 0.5) is 0 Å². The fraction of sp³-hybridized carbons (Fsp3) is 0.681. The second-order valence-corrected chi connectivity index (χ2v) is 20.4. The number of allylic oxidation sites excluding steroid dienone is 20. The Balaban J connectivity index is 3.49. The number of aliphatic hydroxyl groups excluding tert-OH is 1. The normalized spacial score (nSPS) is 13.1. The third kappa shape index (κ3) is 60.9. The second kappa shape index (κ2) is 63.6. The number of aliphatic hydroxyl groups is 1. The maximum atomic E-state index is 12.3. The van der Waals surface area contributed by atoms with Gasteiger partial charge in [0.25, 0.3) is 0 Å². The molecule has 0 aliphatic carbocycles. The summed E-state index contributed by atoms with van der Waals surface area (Å²) in [5.41, 5.74) is 0. The van der Waals surface area contributed by atoms with Crippen molar-refractivity contribution in [3.8, 4) is 0 Å². The molecule has 0 aromatic rings. The van der Waals surface area contributed by atoms with Gasteiger partial charge in [-0.05, 0) is 103 Å². The summed E-state index contributed by atoms with van der Waals surface area (Å²) in [5.74, 6) is -0.604. The van der Waals surface area contributed by atoms with Crippen molar-refractivity contribution < 1.29 is 24.2 Å². The van der Waals surface area contributed by atoms with E-state index >= 15 is 0 Å². The van der Waals surface area contributed by atoms with Gasteiger partial charge in [-0.15, -0.1) is 0 Å². The second-order valence-electron chi connectivity index (χ2n) is 20.4. The molecule has 0 radical (unpaired) electrons. The topological polar surface area (TPSA) is 72.8 Å². The summed E-state index contributed by atoms with van der Waals surface area (Å²) in [7, 11) is 0. The molecule has 0 fully saturated rings. The molecule has 0 aromatic carbocycles. The van der Waals surface area contributed by atoms with Crippen molar-refractivity contribution in [2.24, 2.45) is 0 Å². The van der Waals surface area contributed by atoms with Gasteiger partial charge in [0.2, 0.25) is 0 Å². The Morgan fingerprint density at radius 3 is 0.811 bits per heavy atom. The van der Waals surface area contributed by atoms with Crippen molar-refractivity contribution in [1.29, 1.82) is 0 Å². The summed E-state index contributed by atoms with van der Waals surface area (Å²) in [5, 5.41) is 9.67. The van der Waals surface area contributed by atoms with E-state index in [1.165, 1.54) is 148 Å². The SMILES string of the molecule is CC/C=C\C/C=C\C/C=C\C/C=C\C/C=C\C/C=C\CCCCCCCCC(=O)OC(CO)COC(=O)CCCCCCCCCCCCCCCCCCCCCCCC/C=C\C/C=C\C/C=C\C/C=C\CC. The van der Waals surface area contributed by atoms with Gasteiger partial charge in [-0.3, -0.25) is 9.59 Å². The quantitative estimate of drug-likeness (QED) is 0.0373. The number of esters is 2. The number of hydrogen-bond acceptors (Lipinski definition) is 5. The van der Waals surface area contributed by atoms with Crippen LogP contribution in [0.25, 0.3) is 0 Å². The van der Waals surface area contributed by atoms with Gasteiger partial charge < -0.3 is 14.6 Å². The summed E-state index contributed by atoms with van der Waals surface area (Å²) in [4.78, 5) is 24.6. The van der Waals surface area contributed by atoms with E-state index in [-0.39, 0.29) is 25.2 Å². The van der Waals surface area contributed by atoms with Crippen molar-refractivity contribution >= 4 is 11.9 Å². The van der Waals surface area contributed by atoms with E-state index in [4.69, 9.17) is 9.47 Å². The molecule has 0 rings (SSSR count). The number of rotatable bonds is 56. The standard InChI is InChI=1S/C69H116O5/c1-3-5-7-9-11-13-15-17-19-21-23-25-27-29-30-31-32-33-34-35-36-37-38-40-41-43-45-47-49-51-53-55-57-59-61-63-68(71)73-66-67(65-70)74-69(72)64-62-60-58-56-54-52-50-48-46-44-42-39-28-26-24-22-20-18-16-14-12-10-8-6-4-2/h5-8,11-14,17-20,23-26,39,42,46,48,67,70H,3-4,9-10,15-16,21-22,27-38,40-41,43-45,47,49-66H2,1-2H3/b7-5-,8-6-,13-11-,14-12-,19-17-,20-18-,25-23-,26-24-,42-39-,48-46-. The molecule has 1 unspecified atom stereocenters. The highest BCUT2D eigenvalue weighted by molar-refractivity contribution is 5.70. The molecule has 0 amide bonds. The number of carbonyl (C=O) groups excluding carboxylic acids is 2. The van der Waals surface area contributed by atoms with Crippen molar-refractivity contribution in [2.75, 3.05) is 13.2 Å². The highest BCUT2D eigenvalue weighted by Crippen LogP contribution is 2.17. The highest BCUT2D eigenvalue weighted by atomic mass is 16.6. The van der Waals surface area contributed by atoms with Crippen LogP contribution in [0.1, 0.15) is 284 Å². The van der Waals surface area contributed by atoms with E-state index in [0.717, 1.165) is 109 Å². The molecule has 0 aliphatic heterocycles. The predicted octanol–water partition coefficient (Wildman–Crippen LogP) is 21.4. The van der Waals surface area contributed by atoms with Crippen LogP contribution in [0.2, 0.25) is 0 Å². The minimum absolute atomic E-state index is 0.0757. The summed E-state index contributed by atoms with van der Waals surface area (Å²) in [6.45, 7) is 3.92. The molecule has 1 N–H and O–H groups in total. The summed E-state index contributed by atoms with van der Waals surface area (Å²) in [6.07, 6.45) is 93.4. The average molecular weight is 1030 g/mol. The fourth-order valence-corrected chi connectivity index (χ4v) is 8.67. The molecule has 0 heterocycles. The molecule has 0 saturated carbocycles. The number of unbranched alkanes of at least 4 members (excludes halogenated alkanes) is 28. The maximum absolute atomic E-state index is 12.3. The number of hydrogen-bond donors (Lipinski definition) is 1. The van der Waals surface area contributed by atoms with Crippen LogP contribution in [-0.2, 0) is 19.1 Å². The lowest BCUT2D eigenvalue weighted by Gasteiger charge is -2.15. The van der Waals surface area contributed by atoms with Gasteiger partial charge in [0.05, 0.1) is 6.61 Å². The predicted molar refractivity (Wildman–Crippen MR) is 325 cm³/mol. The minimum atomic E-state index is -0.787. The van der Waals surface area contributed by atoms with Gasteiger partial charge in [0, 0.05) is 12.8 Å².